The number of benzene rings is 2. The van der Waals surface area contributed by atoms with Gasteiger partial charge in [-0.05, 0) is 42.0 Å². The zero-order chi connectivity index (χ0) is 21.1. The van der Waals surface area contributed by atoms with Crippen LogP contribution in [0.4, 0.5) is 5.69 Å². The molecule has 0 bridgehead atoms. The Morgan fingerprint density at radius 1 is 0.967 bits per heavy atom. The van der Waals surface area contributed by atoms with Gasteiger partial charge in [-0.3, -0.25) is 14.9 Å². The zero-order valence-corrected chi connectivity index (χ0v) is 16.1. The lowest BCUT2D eigenvalue weighted by molar-refractivity contribution is -0.384. The highest BCUT2D eigenvalue weighted by Crippen LogP contribution is 2.23. The van der Waals surface area contributed by atoms with Crippen molar-refractivity contribution in [3.05, 3.63) is 104 Å². The summed E-state index contributed by atoms with van der Waals surface area (Å²) in [4.78, 5) is 23.2. The number of nitrogens with zero attached hydrogens (tertiary/aromatic N) is 3. The quantitative estimate of drug-likeness (QED) is 0.365. The van der Waals surface area contributed by atoms with Crippen LogP contribution in [0.25, 0.3) is 28.7 Å². The molecule has 0 N–H and O–H groups in total. The first-order valence-electron chi connectivity index (χ1n) is 9.16. The molecule has 7 nitrogen and oxygen atoms in total. The van der Waals surface area contributed by atoms with Crippen molar-refractivity contribution in [2.24, 2.45) is 0 Å². The number of hydrogen-bond donors (Lipinski definition) is 0. The van der Waals surface area contributed by atoms with Crippen molar-refractivity contribution in [3.8, 4) is 11.4 Å². The molecule has 0 aliphatic heterocycles. The predicted molar refractivity (Wildman–Crippen MR) is 116 cm³/mol. The average molecular weight is 399 g/mol. The maximum Gasteiger partial charge on any atom is 0.269 e. The largest absolute Gasteiger partial charge is 0.497 e. The van der Waals surface area contributed by atoms with Crippen molar-refractivity contribution in [2.45, 2.75) is 0 Å². The summed E-state index contributed by atoms with van der Waals surface area (Å²) in [6.45, 7) is 0. The number of methoxy groups -OCH3 is 1. The molecule has 0 amide bonds. The van der Waals surface area contributed by atoms with Crippen LogP contribution in [0.1, 0.15) is 11.3 Å². The van der Waals surface area contributed by atoms with E-state index < -0.39 is 4.92 Å². The molecule has 0 atom stereocenters. The molecule has 1 heterocycles. The first-order valence-corrected chi connectivity index (χ1v) is 9.16. The molecule has 0 aliphatic rings. The summed E-state index contributed by atoms with van der Waals surface area (Å²) >= 11 is 0. The second kappa shape index (κ2) is 8.00. The summed E-state index contributed by atoms with van der Waals surface area (Å²) in [5.41, 5.74) is 2.33. The molecule has 0 unspecified atom stereocenters. The van der Waals surface area contributed by atoms with Crippen LogP contribution in [-0.4, -0.2) is 21.8 Å². The van der Waals surface area contributed by atoms with E-state index >= 15 is 0 Å². The number of non-ortho nitro benzene ring substituents is 1. The molecule has 4 rings (SSSR count). The summed E-state index contributed by atoms with van der Waals surface area (Å²) in [5, 5.41) is 16.2. The van der Waals surface area contributed by atoms with E-state index in [1.807, 2.05) is 42.5 Å². The molecule has 0 fully saturated rings. The summed E-state index contributed by atoms with van der Waals surface area (Å²) < 4.78 is 6.69. The van der Waals surface area contributed by atoms with Crippen LogP contribution in [0, 0.1) is 10.1 Å². The predicted octanol–water partition coefficient (Wildman–Crippen LogP) is 4.47. The van der Waals surface area contributed by atoms with Gasteiger partial charge in [-0.1, -0.05) is 36.4 Å². The van der Waals surface area contributed by atoms with Gasteiger partial charge < -0.3 is 4.74 Å². The van der Waals surface area contributed by atoms with Crippen molar-refractivity contribution in [1.82, 2.24) is 9.78 Å². The van der Waals surface area contributed by atoms with Crippen LogP contribution < -0.4 is 10.2 Å². The molecule has 30 heavy (non-hydrogen) atoms. The van der Waals surface area contributed by atoms with Crippen LogP contribution in [0.15, 0.2) is 77.6 Å². The SMILES string of the molecule is COc1ccc(/C=C\c2nn(-c3ccc([N+](=O)[O-])cc3)c3c(=O)ccccc23)cc1. The highest BCUT2D eigenvalue weighted by Gasteiger charge is 2.13. The molecule has 0 spiro atoms. The second-order valence-electron chi connectivity index (χ2n) is 6.52. The van der Waals surface area contributed by atoms with E-state index in [1.165, 1.54) is 22.9 Å². The molecule has 4 aromatic rings. The molecule has 0 radical (unpaired) electrons. The van der Waals surface area contributed by atoms with E-state index in [0.717, 1.165) is 11.3 Å². The van der Waals surface area contributed by atoms with Crippen LogP contribution in [-0.2, 0) is 0 Å². The van der Waals surface area contributed by atoms with Gasteiger partial charge >= 0.3 is 0 Å². The Hall–Kier alpha value is -4.26. The van der Waals surface area contributed by atoms with Gasteiger partial charge in [0.15, 0.2) is 0 Å². The number of fused-ring (bicyclic) bond motifs is 1. The van der Waals surface area contributed by atoms with Gasteiger partial charge in [0.1, 0.15) is 11.3 Å². The molecule has 1 aromatic heterocycles. The standard InChI is InChI=1S/C23H17N3O4/c1-30-19-13-6-16(7-14-19)8-15-21-20-4-2-3-5-22(27)23(20)25(24-21)17-9-11-18(12-10-17)26(28)29/h2-15H,1H3/b15-8-. The summed E-state index contributed by atoms with van der Waals surface area (Å²) in [6, 6.07) is 20.3. The smallest absolute Gasteiger partial charge is 0.269 e. The molecule has 148 valence electrons. The maximum atomic E-state index is 12.7. The van der Waals surface area contributed by atoms with Crippen molar-refractivity contribution >= 4 is 28.7 Å². The van der Waals surface area contributed by atoms with Crippen LogP contribution in [0.5, 0.6) is 5.75 Å². The fourth-order valence-corrected chi connectivity index (χ4v) is 3.14. The number of nitro benzene ring substituents is 1. The van der Waals surface area contributed by atoms with Crippen molar-refractivity contribution in [3.63, 3.8) is 0 Å². The third-order valence-corrected chi connectivity index (χ3v) is 4.66. The number of hydrogen-bond acceptors (Lipinski definition) is 5. The van der Waals surface area contributed by atoms with Gasteiger partial charge in [-0.15, -0.1) is 0 Å². The third-order valence-electron chi connectivity index (χ3n) is 4.66. The first kappa shape index (κ1) is 19.1. The summed E-state index contributed by atoms with van der Waals surface area (Å²) in [7, 11) is 1.61. The van der Waals surface area contributed by atoms with E-state index in [1.54, 1.807) is 31.4 Å². The topological polar surface area (TPSA) is 87.3 Å². The monoisotopic (exact) mass is 399 g/mol. The molecular formula is C23H17N3O4. The van der Waals surface area contributed by atoms with Crippen molar-refractivity contribution in [2.75, 3.05) is 7.11 Å². The summed E-state index contributed by atoms with van der Waals surface area (Å²) in [6.07, 6.45) is 3.74. The number of nitro groups is 1. The first-order chi connectivity index (χ1) is 14.6. The lowest BCUT2D eigenvalue weighted by Crippen LogP contribution is -2.05. The lowest BCUT2D eigenvalue weighted by atomic mass is 10.1. The third kappa shape index (κ3) is 3.68. The van der Waals surface area contributed by atoms with Crippen molar-refractivity contribution < 1.29 is 9.66 Å². The fourth-order valence-electron chi connectivity index (χ4n) is 3.14. The Balaban J connectivity index is 1.84. The molecule has 0 saturated carbocycles. The minimum atomic E-state index is -0.465. The van der Waals surface area contributed by atoms with Crippen molar-refractivity contribution in [1.29, 1.82) is 0 Å². The maximum absolute atomic E-state index is 12.7. The Morgan fingerprint density at radius 3 is 2.33 bits per heavy atom. The number of aromatic nitrogens is 2. The van der Waals surface area contributed by atoms with Crippen LogP contribution >= 0.6 is 0 Å². The number of rotatable bonds is 5. The lowest BCUT2D eigenvalue weighted by Gasteiger charge is -2.01. The van der Waals surface area contributed by atoms with Gasteiger partial charge in [-0.2, -0.15) is 5.10 Å². The molecule has 7 heteroatoms. The van der Waals surface area contributed by atoms with E-state index in [2.05, 4.69) is 5.10 Å². The van der Waals surface area contributed by atoms with Gasteiger partial charge in [0.05, 0.1) is 23.4 Å². The fraction of sp³-hybridized carbons (Fsp3) is 0.0435. The minimum absolute atomic E-state index is 0.0252. The highest BCUT2D eigenvalue weighted by molar-refractivity contribution is 5.90. The van der Waals surface area contributed by atoms with E-state index in [0.29, 0.717) is 22.3 Å². The normalized spacial score (nSPS) is 11.1. The number of ether oxygens (including phenoxy) is 1. The summed E-state index contributed by atoms with van der Waals surface area (Å²) in [5.74, 6) is 0.767. The van der Waals surface area contributed by atoms with E-state index in [9.17, 15) is 14.9 Å². The van der Waals surface area contributed by atoms with Crippen LogP contribution in [0.2, 0.25) is 0 Å². The van der Waals surface area contributed by atoms with E-state index in [-0.39, 0.29) is 11.1 Å². The van der Waals surface area contributed by atoms with Gasteiger partial charge in [0.2, 0.25) is 5.43 Å². The van der Waals surface area contributed by atoms with Gasteiger partial charge in [-0.25, -0.2) is 4.68 Å². The van der Waals surface area contributed by atoms with Gasteiger partial charge in [0.25, 0.3) is 5.69 Å². The Bertz CT molecular complexity index is 1310. The molecular weight excluding hydrogens is 382 g/mol. The Morgan fingerprint density at radius 2 is 1.67 bits per heavy atom. The van der Waals surface area contributed by atoms with Crippen LogP contribution in [0.3, 0.4) is 0 Å². The molecule has 0 saturated heterocycles. The van der Waals surface area contributed by atoms with Gasteiger partial charge in [0, 0.05) is 17.5 Å². The Kier molecular flexibility index (Phi) is 5.09. The molecule has 3 aromatic carbocycles. The molecule has 0 aliphatic carbocycles. The minimum Gasteiger partial charge on any atom is -0.497 e. The Labute approximate surface area is 171 Å². The zero-order valence-electron chi connectivity index (χ0n) is 16.1. The van der Waals surface area contributed by atoms with E-state index in [4.69, 9.17) is 4.74 Å². The average Bonchev–Trinajstić information content (AvgIpc) is 3.03. The highest BCUT2D eigenvalue weighted by atomic mass is 16.6. The second-order valence-corrected chi connectivity index (χ2v) is 6.52.